The van der Waals surface area contributed by atoms with Crippen LogP contribution in [-0.4, -0.2) is 13.4 Å². The Morgan fingerprint density at radius 3 is 2.56 bits per heavy atom. The lowest BCUT2D eigenvalue weighted by Gasteiger charge is -2.09. The van der Waals surface area contributed by atoms with Gasteiger partial charge in [-0.05, 0) is 42.8 Å². The molecule has 0 amide bonds. The van der Waals surface area contributed by atoms with Crippen LogP contribution in [0.5, 0.6) is 0 Å². The minimum absolute atomic E-state index is 0.271. The highest BCUT2D eigenvalue weighted by molar-refractivity contribution is 7.94. The number of halogens is 1. The fourth-order valence-corrected chi connectivity index (χ4v) is 4.64. The summed E-state index contributed by atoms with van der Waals surface area (Å²) in [4.78, 5) is 5.09. The Morgan fingerprint density at radius 2 is 1.92 bits per heavy atom. The highest BCUT2D eigenvalue weighted by Crippen LogP contribution is 2.23. The van der Waals surface area contributed by atoms with Gasteiger partial charge in [0, 0.05) is 16.4 Å². The zero-order valence-corrected chi connectivity index (χ0v) is 15.8. The lowest BCUT2D eigenvalue weighted by molar-refractivity contribution is 0.603. The second kappa shape index (κ2) is 7.43. The molecule has 1 aromatic carbocycles. The number of pyridine rings is 1. The number of nitrogens with zero attached hydrogens (tertiary/aromatic N) is 1. The average molecular weight is 394 g/mol. The van der Waals surface area contributed by atoms with Crippen LogP contribution in [0, 0.1) is 6.92 Å². The Bertz CT molecular complexity index is 970. The van der Waals surface area contributed by atoms with E-state index in [9.17, 15) is 8.42 Å². The van der Waals surface area contributed by atoms with Gasteiger partial charge in [-0.25, -0.2) is 13.4 Å². The first kappa shape index (κ1) is 17.7. The molecule has 0 bridgehead atoms. The van der Waals surface area contributed by atoms with E-state index in [4.69, 9.17) is 11.6 Å². The first-order chi connectivity index (χ1) is 11.9. The number of sulfonamides is 1. The van der Waals surface area contributed by atoms with Crippen molar-refractivity contribution in [3.63, 3.8) is 0 Å². The smallest absolute Gasteiger partial charge is 0.272 e. The quantitative estimate of drug-likeness (QED) is 0.646. The minimum atomic E-state index is -3.60. The Balaban J connectivity index is 1.65. The largest absolute Gasteiger partial charge is 0.380 e. The lowest BCUT2D eigenvalue weighted by Crippen LogP contribution is -2.12. The highest BCUT2D eigenvalue weighted by atomic mass is 35.5. The molecule has 2 heterocycles. The van der Waals surface area contributed by atoms with Crippen LogP contribution >= 0.6 is 22.9 Å². The van der Waals surface area contributed by atoms with Gasteiger partial charge in [0.2, 0.25) is 0 Å². The summed E-state index contributed by atoms with van der Waals surface area (Å²) in [6.45, 7) is 2.42. The number of nitrogens with one attached hydrogen (secondary N) is 2. The van der Waals surface area contributed by atoms with E-state index in [1.165, 1.54) is 11.3 Å². The van der Waals surface area contributed by atoms with Crippen molar-refractivity contribution in [3.8, 4) is 0 Å². The molecule has 0 fully saturated rings. The van der Waals surface area contributed by atoms with E-state index in [2.05, 4.69) is 15.0 Å². The predicted molar refractivity (Wildman–Crippen MR) is 103 cm³/mol. The Labute approximate surface area is 155 Å². The molecule has 0 unspecified atom stereocenters. The second-order valence-corrected chi connectivity index (χ2v) is 8.95. The minimum Gasteiger partial charge on any atom is -0.380 e. The van der Waals surface area contributed by atoms with E-state index in [0.29, 0.717) is 11.6 Å². The third-order valence-electron chi connectivity index (χ3n) is 3.42. The average Bonchev–Trinajstić information content (AvgIpc) is 3.03. The third kappa shape index (κ3) is 4.50. The fourth-order valence-electron chi connectivity index (χ4n) is 2.14. The molecule has 0 spiro atoms. The molecule has 25 heavy (non-hydrogen) atoms. The first-order valence-electron chi connectivity index (χ1n) is 7.47. The maximum absolute atomic E-state index is 12.3. The van der Waals surface area contributed by atoms with Crippen LogP contribution in [-0.2, 0) is 16.6 Å². The monoisotopic (exact) mass is 393 g/mol. The Morgan fingerprint density at radius 1 is 1.12 bits per heavy atom. The molecule has 2 N–H and O–H groups in total. The predicted octanol–water partition coefficient (Wildman–Crippen LogP) is 4.52. The molecular weight excluding hydrogens is 378 g/mol. The second-order valence-electron chi connectivity index (χ2n) is 5.35. The van der Waals surface area contributed by atoms with Crippen molar-refractivity contribution in [2.45, 2.75) is 17.7 Å². The summed E-state index contributed by atoms with van der Waals surface area (Å²) in [6, 6.07) is 14.3. The van der Waals surface area contributed by atoms with Crippen molar-refractivity contribution in [1.82, 2.24) is 4.98 Å². The first-order valence-corrected chi connectivity index (χ1v) is 10.1. The van der Waals surface area contributed by atoms with Gasteiger partial charge in [-0.2, -0.15) is 0 Å². The zero-order chi connectivity index (χ0) is 17.9. The maximum atomic E-state index is 12.3. The molecule has 0 aliphatic carbocycles. The topological polar surface area (TPSA) is 71.1 Å². The summed E-state index contributed by atoms with van der Waals surface area (Å²) >= 11 is 7.34. The van der Waals surface area contributed by atoms with E-state index in [1.807, 2.05) is 31.2 Å². The number of anilines is 2. The van der Waals surface area contributed by atoms with Crippen LogP contribution in [0.15, 0.2) is 58.9 Å². The van der Waals surface area contributed by atoms with Crippen LogP contribution in [0.1, 0.15) is 10.4 Å². The summed E-state index contributed by atoms with van der Waals surface area (Å²) < 4.78 is 27.3. The van der Waals surface area contributed by atoms with Crippen molar-refractivity contribution >= 4 is 44.5 Å². The van der Waals surface area contributed by atoms with Crippen molar-refractivity contribution < 1.29 is 8.42 Å². The van der Waals surface area contributed by atoms with Crippen LogP contribution in [0.4, 0.5) is 11.5 Å². The van der Waals surface area contributed by atoms with Gasteiger partial charge in [0.1, 0.15) is 10.0 Å². The van der Waals surface area contributed by atoms with Gasteiger partial charge >= 0.3 is 0 Å². The molecule has 0 aliphatic rings. The summed E-state index contributed by atoms with van der Waals surface area (Å²) in [5.41, 5.74) is 1.75. The molecule has 0 radical (unpaired) electrons. The van der Waals surface area contributed by atoms with Gasteiger partial charge in [-0.15, -0.1) is 11.3 Å². The molecule has 0 saturated heterocycles. The zero-order valence-electron chi connectivity index (χ0n) is 13.4. The standard InChI is InChI=1S/C17H16ClN3O2S2/c1-12-6-9-17(24-12)25(22,23)21-16-8-7-14(11-20-16)19-10-13-4-2-3-5-15(13)18/h2-9,11,19H,10H2,1H3,(H,20,21). The molecule has 0 aliphatic heterocycles. The third-order valence-corrected chi connectivity index (χ3v) is 6.64. The molecule has 2 aromatic heterocycles. The SMILES string of the molecule is Cc1ccc(S(=O)(=O)Nc2ccc(NCc3ccccc3Cl)cn2)s1. The van der Waals surface area contributed by atoms with Crippen molar-refractivity contribution in [2.24, 2.45) is 0 Å². The summed E-state index contributed by atoms with van der Waals surface area (Å²) in [5, 5.41) is 3.90. The number of aromatic nitrogens is 1. The summed E-state index contributed by atoms with van der Waals surface area (Å²) in [6.07, 6.45) is 1.58. The highest BCUT2D eigenvalue weighted by Gasteiger charge is 2.16. The molecule has 5 nitrogen and oxygen atoms in total. The summed E-state index contributed by atoms with van der Waals surface area (Å²) in [5.74, 6) is 0.273. The van der Waals surface area contributed by atoms with E-state index in [1.54, 1.807) is 30.5 Å². The number of rotatable bonds is 6. The number of hydrogen-bond donors (Lipinski definition) is 2. The van der Waals surface area contributed by atoms with Crippen molar-refractivity contribution in [3.05, 3.63) is 70.2 Å². The molecular formula is C17H16ClN3O2S2. The molecule has 130 valence electrons. The van der Waals surface area contributed by atoms with Gasteiger partial charge in [0.05, 0.1) is 11.9 Å². The summed E-state index contributed by atoms with van der Waals surface area (Å²) in [7, 11) is -3.60. The molecule has 3 aromatic rings. The fraction of sp³-hybridized carbons (Fsp3) is 0.118. The van der Waals surface area contributed by atoms with E-state index in [0.717, 1.165) is 16.1 Å². The van der Waals surface area contributed by atoms with Gasteiger partial charge in [-0.1, -0.05) is 29.8 Å². The van der Waals surface area contributed by atoms with E-state index >= 15 is 0 Å². The van der Waals surface area contributed by atoms with Crippen LogP contribution in [0.25, 0.3) is 0 Å². The van der Waals surface area contributed by atoms with Crippen LogP contribution in [0.3, 0.4) is 0 Å². The molecule has 3 rings (SSSR count). The van der Waals surface area contributed by atoms with Gasteiger partial charge in [0.25, 0.3) is 10.0 Å². The van der Waals surface area contributed by atoms with E-state index in [-0.39, 0.29) is 10.0 Å². The molecule has 0 saturated carbocycles. The van der Waals surface area contributed by atoms with Crippen LogP contribution < -0.4 is 10.0 Å². The van der Waals surface area contributed by atoms with Crippen LogP contribution in [0.2, 0.25) is 5.02 Å². The number of thiophene rings is 1. The van der Waals surface area contributed by atoms with Gasteiger partial charge in [0.15, 0.2) is 0 Å². The Hall–Kier alpha value is -2.09. The van der Waals surface area contributed by atoms with Crippen molar-refractivity contribution in [2.75, 3.05) is 10.0 Å². The molecule has 8 heteroatoms. The number of aryl methyl sites for hydroxylation is 1. The van der Waals surface area contributed by atoms with Crippen molar-refractivity contribution in [1.29, 1.82) is 0 Å². The number of hydrogen-bond acceptors (Lipinski definition) is 5. The molecule has 0 atom stereocenters. The van der Waals surface area contributed by atoms with Gasteiger partial charge < -0.3 is 5.32 Å². The van der Waals surface area contributed by atoms with Gasteiger partial charge in [-0.3, -0.25) is 4.72 Å². The van der Waals surface area contributed by atoms with E-state index < -0.39 is 10.0 Å². The lowest BCUT2D eigenvalue weighted by atomic mass is 10.2. The normalized spacial score (nSPS) is 11.3. The number of benzene rings is 1. The Kier molecular flexibility index (Phi) is 5.27. The maximum Gasteiger partial charge on any atom is 0.272 e.